The molecule has 0 spiro atoms. The lowest BCUT2D eigenvalue weighted by molar-refractivity contribution is -0.163. The summed E-state index contributed by atoms with van der Waals surface area (Å²) in [6, 6.07) is -11.3. The Labute approximate surface area is 590 Å². The number of rotatable bonds is 14. The van der Waals surface area contributed by atoms with Crippen LogP contribution in [0, 0.1) is 37.5 Å². The van der Waals surface area contributed by atoms with E-state index in [0.717, 1.165) is 9.80 Å². The predicted octanol–water partition coefficient (Wildman–Crippen LogP) is 0.264. The number of hydrogen-bond donors (Lipinski definition) is 7. The first kappa shape index (κ1) is 77.9. The molecule has 33 heteroatoms. The van der Waals surface area contributed by atoms with Gasteiger partial charge in [-0.2, -0.15) is 0 Å². The number of aromatic nitrogens is 2. The van der Waals surface area contributed by atoms with Crippen molar-refractivity contribution in [2.24, 2.45) is 29.4 Å². The Morgan fingerprint density at radius 2 is 1.03 bits per heavy atom. The molecule has 4 fully saturated rings. The Balaban J connectivity index is 1.31. The van der Waals surface area contributed by atoms with Crippen LogP contribution in [0.5, 0.6) is 0 Å². The zero-order chi connectivity index (χ0) is 75.5. The van der Waals surface area contributed by atoms with E-state index in [1.807, 2.05) is 0 Å². The Morgan fingerprint density at radius 1 is 0.588 bits per heavy atom. The number of ether oxygens (including phenoxy) is 2. The molecule has 11 amide bonds. The second-order valence-corrected chi connectivity index (χ2v) is 28.4. The van der Waals surface area contributed by atoms with Crippen LogP contribution < -0.4 is 43.5 Å². The van der Waals surface area contributed by atoms with Crippen molar-refractivity contribution in [1.82, 2.24) is 66.0 Å². The van der Waals surface area contributed by atoms with Crippen LogP contribution in [-0.2, 0) is 68.6 Å². The number of hydrogen-bond acceptors (Lipinski definition) is 22. The van der Waals surface area contributed by atoms with Gasteiger partial charge in [-0.25, -0.2) is 19.6 Å². The van der Waals surface area contributed by atoms with E-state index < -0.39 is 220 Å². The number of oxazole rings is 1. The standard InChI is InChI=1S/C69H97N15O18/c1-30(2)47-66(95)83-25-19-21-38(83)64(93)79(13)28-42(86)81(15)54(32(5)6)68(97)99-36(11)49(62(91)75-47)77-60(89)44-46(71)56(88)34(9)57-51(44)74-53-45(52-58(35(10)59(53)102-57)101-41(73-52)27-40(85)72-24-18-17-23-70)61(90)78-50-37(12)100-69(98)55(33(7)8)82(16)43(87)29-80(14)65(94)39-22-20-26-84(39)67(96)48(31(3)4)76-63(50)92/h30-33,36-39,47-50,54-55H,17-29,70-71H2,1-16H3,(H,72,85)(H,75,91)(H,76,92)(H,77,89)(H,78,90)/t36-,37-,38+,39+,47-,48-,49+,50+,54+,55+/m1/s1. The molecule has 0 bridgehead atoms. The normalized spacial score (nSPS) is 24.6. The molecular weight excluding hydrogens is 1330 g/mol. The average molecular weight is 1420 g/mol. The Kier molecular flexibility index (Phi) is 24.5. The molecule has 6 heterocycles. The summed E-state index contributed by atoms with van der Waals surface area (Å²) in [5.74, 6) is -14.2. The van der Waals surface area contributed by atoms with Gasteiger partial charge >= 0.3 is 11.9 Å². The van der Waals surface area contributed by atoms with E-state index in [0.29, 0.717) is 32.2 Å². The largest absolute Gasteiger partial charge is 0.458 e. The van der Waals surface area contributed by atoms with Gasteiger partial charge in [-0.3, -0.25) is 57.5 Å². The zero-order valence-electron chi connectivity index (χ0n) is 60.9. The average Bonchev–Trinajstić information content (AvgIpc) is 1.07. The fourth-order valence-electron chi connectivity index (χ4n) is 13.7. The van der Waals surface area contributed by atoms with Gasteiger partial charge in [-0.05, 0) is 96.4 Å². The van der Waals surface area contributed by atoms with E-state index in [4.69, 9.17) is 34.8 Å². The highest BCUT2D eigenvalue weighted by molar-refractivity contribution is 6.17. The first-order valence-corrected chi connectivity index (χ1v) is 34.6. The molecule has 8 rings (SSSR count). The molecule has 0 unspecified atom stereocenters. The van der Waals surface area contributed by atoms with Gasteiger partial charge in [0.15, 0.2) is 16.9 Å². The van der Waals surface area contributed by atoms with Crippen molar-refractivity contribution in [2.75, 3.05) is 73.2 Å². The highest BCUT2D eigenvalue weighted by Crippen LogP contribution is 2.39. The SMILES string of the molecule is Cc1c2oc3c(C)c4oc(CC(=O)NCCCCN)nc4c(C(=O)N[C@@H]4C(=O)N[C@H](C(C)C)C(=O)N5CCC[C@H]5C(=O)N(C)CC(=O)N(C)[C@@H](C(C)C)C(=O)O[C@@H]4C)c3nc-2c(C(=O)N[C@@H]2C(=O)N[C@H](C(C)C)C(=O)N3CCC[C@H]3C(=O)N(C)CC(=O)N(C)[C@@H](C(C)C)C(=O)O[C@@H]2C)c(N)c1=O. The van der Waals surface area contributed by atoms with Crippen LogP contribution in [0.15, 0.2) is 13.6 Å². The molecule has 1 aromatic carbocycles. The van der Waals surface area contributed by atoms with Crippen molar-refractivity contribution in [3.05, 3.63) is 38.4 Å². The zero-order valence-corrected chi connectivity index (χ0v) is 60.9. The topological polar surface area (TPSA) is 441 Å². The van der Waals surface area contributed by atoms with Gasteiger partial charge < -0.3 is 85.8 Å². The van der Waals surface area contributed by atoms with Crippen molar-refractivity contribution < 1.29 is 80.6 Å². The quantitative estimate of drug-likeness (QED) is 0.0385. The molecule has 102 heavy (non-hydrogen) atoms. The van der Waals surface area contributed by atoms with Crippen LogP contribution in [0.4, 0.5) is 5.69 Å². The number of anilines is 1. The van der Waals surface area contributed by atoms with E-state index in [1.165, 1.54) is 75.5 Å². The molecule has 2 aromatic rings. The number of carbonyl (C=O) groups is 13. The van der Waals surface area contributed by atoms with Gasteiger partial charge in [0.05, 0.1) is 29.9 Å². The number of nitrogens with two attached hydrogens (primary N) is 2. The lowest BCUT2D eigenvalue weighted by Crippen LogP contribution is -2.61. The van der Waals surface area contributed by atoms with Gasteiger partial charge in [0, 0.05) is 59.0 Å². The lowest BCUT2D eigenvalue weighted by atomic mass is 9.98. The molecule has 4 saturated heterocycles. The third-order valence-electron chi connectivity index (χ3n) is 19.5. The number of nitrogen functional groups attached to an aromatic ring is 1. The number of aryl methyl sites for hydroxylation is 1. The molecular formula is C69H97N15O18. The minimum absolute atomic E-state index is 0.0744. The van der Waals surface area contributed by atoms with E-state index in [9.17, 15) is 47.9 Å². The van der Waals surface area contributed by atoms with Crippen molar-refractivity contribution in [2.45, 2.75) is 189 Å². The molecule has 5 aliphatic heterocycles. The van der Waals surface area contributed by atoms with E-state index >= 15 is 19.2 Å². The first-order valence-electron chi connectivity index (χ1n) is 34.6. The molecule has 1 aliphatic carbocycles. The summed E-state index contributed by atoms with van der Waals surface area (Å²) >= 11 is 0. The third-order valence-corrected chi connectivity index (χ3v) is 19.5. The highest BCUT2D eigenvalue weighted by Gasteiger charge is 2.47. The Bertz CT molecular complexity index is 4010. The second kappa shape index (κ2) is 32.0. The predicted molar refractivity (Wildman–Crippen MR) is 368 cm³/mol. The fraction of sp³-hybridized carbons (Fsp3) is 0.623. The van der Waals surface area contributed by atoms with Gasteiger partial charge in [0.25, 0.3) is 11.8 Å². The van der Waals surface area contributed by atoms with Crippen molar-refractivity contribution in [3.8, 4) is 11.5 Å². The lowest BCUT2D eigenvalue weighted by Gasteiger charge is -2.36. The molecule has 10 atom stereocenters. The second-order valence-electron chi connectivity index (χ2n) is 28.4. The number of cyclic esters (lactones) is 2. The molecule has 33 nitrogen and oxygen atoms in total. The van der Waals surface area contributed by atoms with Crippen molar-refractivity contribution in [1.29, 1.82) is 0 Å². The Hall–Kier alpha value is -9.82. The Morgan fingerprint density at radius 3 is 1.47 bits per heavy atom. The highest BCUT2D eigenvalue weighted by atomic mass is 16.6. The summed E-state index contributed by atoms with van der Waals surface area (Å²) in [6.45, 7) is 18.4. The van der Waals surface area contributed by atoms with Gasteiger partial charge in [0.2, 0.25) is 64.5 Å². The van der Waals surface area contributed by atoms with Crippen LogP contribution in [0.3, 0.4) is 0 Å². The molecule has 6 aliphatic rings. The fourth-order valence-corrected chi connectivity index (χ4v) is 13.7. The molecule has 0 radical (unpaired) electrons. The van der Waals surface area contributed by atoms with E-state index in [1.54, 1.807) is 55.4 Å². The summed E-state index contributed by atoms with van der Waals surface area (Å²) in [4.78, 5) is 221. The number of fused-ring (bicyclic) bond motifs is 5. The molecule has 1 aromatic heterocycles. The summed E-state index contributed by atoms with van der Waals surface area (Å²) in [7, 11) is 5.52. The van der Waals surface area contributed by atoms with Crippen molar-refractivity contribution in [3.63, 3.8) is 0 Å². The van der Waals surface area contributed by atoms with Crippen LogP contribution in [0.25, 0.3) is 33.7 Å². The maximum absolute atomic E-state index is 16.0. The van der Waals surface area contributed by atoms with E-state index in [-0.39, 0.29) is 66.2 Å². The first-order chi connectivity index (χ1) is 47.9. The monoisotopic (exact) mass is 1420 g/mol. The number of unbranched alkanes of at least 4 members (excludes halogenated alkanes) is 1. The van der Waals surface area contributed by atoms with Crippen LogP contribution in [0.1, 0.15) is 145 Å². The molecule has 0 saturated carbocycles. The smallest absolute Gasteiger partial charge is 0.329 e. The number of likely N-dealkylation sites (N-methyl/N-ethyl adjacent to an activating group) is 4. The van der Waals surface area contributed by atoms with Crippen LogP contribution in [0.2, 0.25) is 0 Å². The molecule has 556 valence electrons. The summed E-state index contributed by atoms with van der Waals surface area (Å²) < 4.78 is 24.9. The van der Waals surface area contributed by atoms with Crippen LogP contribution in [-0.4, -0.2) is 244 Å². The maximum Gasteiger partial charge on any atom is 0.329 e. The summed E-state index contributed by atoms with van der Waals surface area (Å²) in [5, 5.41) is 13.5. The minimum atomic E-state index is -1.96. The number of nitrogens with one attached hydrogen (secondary N) is 5. The van der Waals surface area contributed by atoms with Gasteiger partial charge in [-0.1, -0.05) is 55.4 Å². The minimum Gasteiger partial charge on any atom is -0.458 e. The van der Waals surface area contributed by atoms with Gasteiger partial charge in [-0.15, -0.1) is 0 Å². The number of benzene rings is 2. The van der Waals surface area contributed by atoms with Crippen LogP contribution >= 0.6 is 0 Å². The summed E-state index contributed by atoms with van der Waals surface area (Å²) in [6.07, 6.45) is -1.34. The number of nitrogens with zero attached hydrogens (tertiary/aromatic N) is 8. The third kappa shape index (κ3) is 15.9. The number of carbonyl (C=O) groups excluding carboxylic acids is 13. The van der Waals surface area contributed by atoms with E-state index in [2.05, 4.69) is 31.6 Å². The number of esters is 2. The molecule has 9 N–H and O–H groups in total. The maximum atomic E-state index is 16.0. The summed E-state index contributed by atoms with van der Waals surface area (Å²) in [5.41, 5.74) is 7.46. The van der Waals surface area contributed by atoms with Gasteiger partial charge in [0.1, 0.15) is 83.7 Å². The van der Waals surface area contributed by atoms with Crippen molar-refractivity contribution >= 4 is 105 Å². The number of amides is 11.